The third-order valence-corrected chi connectivity index (χ3v) is 3.96. The molecule has 1 unspecified atom stereocenters. The summed E-state index contributed by atoms with van der Waals surface area (Å²) in [6, 6.07) is 2.39. The van der Waals surface area contributed by atoms with Gasteiger partial charge in [0.2, 0.25) is 0 Å². The Morgan fingerprint density at radius 3 is 3.05 bits per heavy atom. The van der Waals surface area contributed by atoms with Gasteiger partial charge in [-0.05, 0) is 45.1 Å². The van der Waals surface area contributed by atoms with Crippen LogP contribution >= 0.6 is 0 Å². The smallest absolute Gasteiger partial charge is 0.252 e. The molecule has 1 aliphatic carbocycles. The molecule has 19 heavy (non-hydrogen) atoms. The van der Waals surface area contributed by atoms with Crippen LogP contribution in [0.3, 0.4) is 0 Å². The molecule has 0 amide bonds. The molecule has 2 heterocycles. The van der Waals surface area contributed by atoms with E-state index in [1.807, 2.05) is 6.92 Å². The van der Waals surface area contributed by atoms with Gasteiger partial charge in [0.1, 0.15) is 11.6 Å². The highest BCUT2D eigenvalue weighted by atomic mass is 16.1. The first-order valence-electron chi connectivity index (χ1n) is 7.27. The molecule has 5 heteroatoms. The normalized spacial score (nSPS) is 23.6. The van der Waals surface area contributed by atoms with Gasteiger partial charge in [0.25, 0.3) is 5.56 Å². The maximum absolute atomic E-state index is 11.5. The Hall–Kier alpha value is -1.36. The van der Waals surface area contributed by atoms with Gasteiger partial charge in [-0.15, -0.1) is 0 Å². The summed E-state index contributed by atoms with van der Waals surface area (Å²) >= 11 is 0. The zero-order valence-electron chi connectivity index (χ0n) is 11.5. The van der Waals surface area contributed by atoms with E-state index in [-0.39, 0.29) is 5.56 Å². The largest absolute Gasteiger partial charge is 0.356 e. The van der Waals surface area contributed by atoms with Crippen molar-refractivity contribution in [3.63, 3.8) is 0 Å². The fourth-order valence-electron chi connectivity index (χ4n) is 2.79. The van der Waals surface area contributed by atoms with Crippen molar-refractivity contribution in [3.05, 3.63) is 22.2 Å². The van der Waals surface area contributed by atoms with Gasteiger partial charge in [0.05, 0.1) is 0 Å². The van der Waals surface area contributed by atoms with E-state index in [0.29, 0.717) is 11.7 Å². The number of aromatic nitrogens is 2. The molecule has 0 spiro atoms. The minimum absolute atomic E-state index is 0.0549. The van der Waals surface area contributed by atoms with Gasteiger partial charge in [-0.2, -0.15) is 0 Å². The Labute approximate surface area is 113 Å². The first kappa shape index (κ1) is 12.7. The van der Waals surface area contributed by atoms with E-state index in [9.17, 15) is 4.79 Å². The van der Waals surface area contributed by atoms with Gasteiger partial charge in [-0.1, -0.05) is 0 Å². The van der Waals surface area contributed by atoms with Gasteiger partial charge in [0, 0.05) is 25.2 Å². The Balaban J connectivity index is 1.64. The minimum Gasteiger partial charge on any atom is -0.356 e. The fourth-order valence-corrected chi connectivity index (χ4v) is 2.79. The molecule has 1 aromatic rings. The van der Waals surface area contributed by atoms with E-state index in [0.717, 1.165) is 31.5 Å². The third kappa shape index (κ3) is 3.35. The van der Waals surface area contributed by atoms with E-state index in [1.54, 1.807) is 6.07 Å². The molecule has 1 aromatic heterocycles. The second-order valence-corrected chi connectivity index (χ2v) is 5.83. The SMILES string of the molecule is Cc1nc(N2CCCC(CNC3CC3)C2)cc(=O)[nH]1. The summed E-state index contributed by atoms with van der Waals surface area (Å²) in [6.45, 7) is 4.95. The zero-order chi connectivity index (χ0) is 13.2. The van der Waals surface area contributed by atoms with Crippen LogP contribution in [0.4, 0.5) is 5.82 Å². The predicted octanol–water partition coefficient (Wildman–Crippen LogP) is 1.05. The first-order chi connectivity index (χ1) is 9.20. The lowest BCUT2D eigenvalue weighted by atomic mass is 9.98. The monoisotopic (exact) mass is 262 g/mol. The van der Waals surface area contributed by atoms with Crippen LogP contribution in [0.5, 0.6) is 0 Å². The molecule has 0 radical (unpaired) electrons. The predicted molar refractivity (Wildman–Crippen MR) is 75.6 cm³/mol. The molecule has 2 aliphatic rings. The highest BCUT2D eigenvalue weighted by molar-refractivity contribution is 5.38. The average molecular weight is 262 g/mol. The molecule has 1 saturated carbocycles. The number of piperidine rings is 1. The van der Waals surface area contributed by atoms with Crippen LogP contribution in [-0.4, -0.2) is 35.6 Å². The number of rotatable bonds is 4. The number of aromatic amines is 1. The molecule has 5 nitrogen and oxygen atoms in total. The summed E-state index contributed by atoms with van der Waals surface area (Å²) < 4.78 is 0. The van der Waals surface area contributed by atoms with Gasteiger partial charge in [0.15, 0.2) is 0 Å². The molecule has 1 saturated heterocycles. The van der Waals surface area contributed by atoms with Crippen LogP contribution in [0.25, 0.3) is 0 Å². The van der Waals surface area contributed by atoms with E-state index in [2.05, 4.69) is 20.2 Å². The van der Waals surface area contributed by atoms with Crippen molar-refractivity contribution in [2.75, 3.05) is 24.5 Å². The second kappa shape index (κ2) is 5.33. The number of hydrogen-bond acceptors (Lipinski definition) is 4. The van der Waals surface area contributed by atoms with Crippen molar-refractivity contribution < 1.29 is 0 Å². The van der Waals surface area contributed by atoms with Crippen LogP contribution in [-0.2, 0) is 0 Å². The molecular formula is C14H22N4O. The lowest BCUT2D eigenvalue weighted by molar-refractivity contribution is 0.389. The van der Waals surface area contributed by atoms with Crippen LogP contribution < -0.4 is 15.8 Å². The number of anilines is 1. The Kier molecular flexibility index (Phi) is 3.55. The molecule has 2 N–H and O–H groups in total. The van der Waals surface area contributed by atoms with Gasteiger partial charge in [-0.25, -0.2) is 4.98 Å². The van der Waals surface area contributed by atoms with Crippen molar-refractivity contribution in [3.8, 4) is 0 Å². The lowest BCUT2D eigenvalue weighted by Crippen LogP contribution is -2.41. The van der Waals surface area contributed by atoms with Crippen molar-refractivity contribution in [1.29, 1.82) is 0 Å². The Morgan fingerprint density at radius 2 is 2.32 bits per heavy atom. The molecule has 0 aromatic carbocycles. The molecule has 1 aliphatic heterocycles. The first-order valence-corrected chi connectivity index (χ1v) is 7.27. The minimum atomic E-state index is -0.0549. The lowest BCUT2D eigenvalue weighted by Gasteiger charge is -2.33. The summed E-state index contributed by atoms with van der Waals surface area (Å²) in [6.07, 6.45) is 5.14. The van der Waals surface area contributed by atoms with E-state index in [4.69, 9.17) is 0 Å². The Morgan fingerprint density at radius 1 is 1.47 bits per heavy atom. The van der Waals surface area contributed by atoms with Gasteiger partial charge < -0.3 is 15.2 Å². The van der Waals surface area contributed by atoms with Gasteiger partial charge in [-0.3, -0.25) is 4.79 Å². The quantitative estimate of drug-likeness (QED) is 0.851. The average Bonchev–Trinajstić information content (AvgIpc) is 3.20. The highest BCUT2D eigenvalue weighted by Crippen LogP contribution is 2.23. The summed E-state index contributed by atoms with van der Waals surface area (Å²) in [5, 5.41) is 3.61. The van der Waals surface area contributed by atoms with Crippen LogP contribution in [0, 0.1) is 12.8 Å². The van der Waals surface area contributed by atoms with Crippen molar-refractivity contribution in [1.82, 2.24) is 15.3 Å². The van der Waals surface area contributed by atoms with Crippen molar-refractivity contribution in [2.45, 2.75) is 38.6 Å². The van der Waals surface area contributed by atoms with E-state index in [1.165, 1.54) is 25.7 Å². The molecule has 0 bridgehead atoms. The number of hydrogen-bond donors (Lipinski definition) is 2. The second-order valence-electron chi connectivity index (χ2n) is 5.83. The summed E-state index contributed by atoms with van der Waals surface area (Å²) in [7, 11) is 0. The van der Waals surface area contributed by atoms with E-state index >= 15 is 0 Å². The summed E-state index contributed by atoms with van der Waals surface area (Å²) in [5.41, 5.74) is -0.0549. The number of aryl methyl sites for hydroxylation is 1. The highest BCUT2D eigenvalue weighted by Gasteiger charge is 2.25. The number of H-pyrrole nitrogens is 1. The summed E-state index contributed by atoms with van der Waals surface area (Å²) in [4.78, 5) is 20.9. The van der Waals surface area contributed by atoms with Crippen molar-refractivity contribution >= 4 is 5.82 Å². The molecule has 3 rings (SSSR count). The van der Waals surface area contributed by atoms with Crippen LogP contribution in [0.2, 0.25) is 0 Å². The topological polar surface area (TPSA) is 61.0 Å². The molecule has 104 valence electrons. The zero-order valence-corrected chi connectivity index (χ0v) is 11.5. The number of nitrogens with one attached hydrogen (secondary N) is 2. The number of nitrogens with zero attached hydrogens (tertiary/aromatic N) is 2. The Bertz CT molecular complexity index is 494. The van der Waals surface area contributed by atoms with Crippen LogP contribution in [0.1, 0.15) is 31.5 Å². The van der Waals surface area contributed by atoms with Crippen LogP contribution in [0.15, 0.2) is 10.9 Å². The fraction of sp³-hybridized carbons (Fsp3) is 0.714. The van der Waals surface area contributed by atoms with Gasteiger partial charge >= 0.3 is 0 Å². The molecule has 1 atom stereocenters. The molecular weight excluding hydrogens is 240 g/mol. The maximum atomic E-state index is 11.5. The maximum Gasteiger partial charge on any atom is 0.252 e. The summed E-state index contributed by atoms with van der Waals surface area (Å²) in [5.74, 6) is 2.20. The van der Waals surface area contributed by atoms with E-state index < -0.39 is 0 Å². The van der Waals surface area contributed by atoms with Crippen molar-refractivity contribution in [2.24, 2.45) is 5.92 Å². The third-order valence-electron chi connectivity index (χ3n) is 3.96. The molecule has 2 fully saturated rings. The standard InChI is InChI=1S/C14H22N4O/c1-10-16-13(7-14(19)17-10)18-6-2-3-11(9-18)8-15-12-4-5-12/h7,11-12,15H,2-6,8-9H2,1H3,(H,16,17,19).